The summed E-state index contributed by atoms with van der Waals surface area (Å²) in [6, 6.07) is 6.28. The number of hydrogen-bond donors (Lipinski definition) is 1. The first-order valence-electron chi connectivity index (χ1n) is 9.94. The number of hydrogen-bond acceptors (Lipinski definition) is 3. The Kier molecular flexibility index (Phi) is 6.37. The predicted octanol–water partition coefficient (Wildman–Crippen LogP) is 2.64. The standard InChI is InChI=1S/C21H31N3O3/c1-15-12-16(2)14-19(13-15)17(3)22-21(26)24-6-4-18(5-7-24)20(25)23-8-10-27-11-9-23/h12-14,17-18H,4-11H2,1-3H3,(H,22,26). The largest absolute Gasteiger partial charge is 0.378 e. The number of aryl methyl sites for hydroxylation is 2. The molecule has 2 heterocycles. The molecule has 2 aliphatic heterocycles. The van der Waals surface area contributed by atoms with Crippen LogP contribution in [-0.2, 0) is 9.53 Å². The summed E-state index contributed by atoms with van der Waals surface area (Å²) in [6.07, 6.45) is 1.48. The van der Waals surface area contributed by atoms with Crippen LogP contribution in [0.1, 0.15) is 42.5 Å². The second kappa shape index (κ2) is 8.74. The van der Waals surface area contributed by atoms with Crippen LogP contribution in [0.4, 0.5) is 4.79 Å². The molecule has 1 aromatic rings. The van der Waals surface area contributed by atoms with Crippen LogP contribution in [0.3, 0.4) is 0 Å². The molecule has 2 fully saturated rings. The maximum Gasteiger partial charge on any atom is 0.317 e. The van der Waals surface area contributed by atoms with Crippen molar-refractivity contribution >= 4 is 11.9 Å². The van der Waals surface area contributed by atoms with Crippen LogP contribution in [-0.4, -0.2) is 61.1 Å². The Hall–Kier alpha value is -2.08. The van der Waals surface area contributed by atoms with Crippen LogP contribution >= 0.6 is 0 Å². The van der Waals surface area contributed by atoms with Crippen LogP contribution in [0.2, 0.25) is 0 Å². The third-order valence-electron chi connectivity index (χ3n) is 5.54. The molecule has 0 aliphatic carbocycles. The summed E-state index contributed by atoms with van der Waals surface area (Å²) in [5.41, 5.74) is 3.53. The molecular weight excluding hydrogens is 342 g/mol. The van der Waals surface area contributed by atoms with Crippen LogP contribution < -0.4 is 5.32 Å². The van der Waals surface area contributed by atoms with Crippen LogP contribution in [0.15, 0.2) is 18.2 Å². The van der Waals surface area contributed by atoms with E-state index in [0.29, 0.717) is 39.4 Å². The summed E-state index contributed by atoms with van der Waals surface area (Å²) in [5.74, 6) is 0.256. The molecule has 3 rings (SSSR count). The molecule has 1 aromatic carbocycles. The number of piperidine rings is 1. The van der Waals surface area contributed by atoms with E-state index in [2.05, 4.69) is 37.4 Å². The zero-order valence-corrected chi connectivity index (χ0v) is 16.7. The van der Waals surface area contributed by atoms with E-state index in [4.69, 9.17) is 4.74 Å². The summed E-state index contributed by atoms with van der Waals surface area (Å²) in [7, 11) is 0. The van der Waals surface area contributed by atoms with Gasteiger partial charge in [-0.25, -0.2) is 4.79 Å². The van der Waals surface area contributed by atoms with Gasteiger partial charge in [-0.05, 0) is 39.2 Å². The number of amides is 3. The molecule has 148 valence electrons. The van der Waals surface area contributed by atoms with Gasteiger partial charge in [-0.1, -0.05) is 29.3 Å². The number of morpholine rings is 1. The van der Waals surface area contributed by atoms with Crippen molar-refractivity contribution in [3.05, 3.63) is 34.9 Å². The van der Waals surface area contributed by atoms with Gasteiger partial charge in [0.05, 0.1) is 19.3 Å². The summed E-state index contributed by atoms with van der Waals surface area (Å²) in [6.45, 7) is 10.0. The number of ether oxygens (including phenoxy) is 1. The van der Waals surface area contributed by atoms with Gasteiger partial charge >= 0.3 is 6.03 Å². The smallest absolute Gasteiger partial charge is 0.317 e. The number of nitrogens with zero attached hydrogens (tertiary/aromatic N) is 2. The Labute approximate surface area is 161 Å². The summed E-state index contributed by atoms with van der Waals surface area (Å²) in [5, 5.41) is 3.10. The third kappa shape index (κ3) is 5.01. The molecular formula is C21H31N3O3. The fourth-order valence-electron chi connectivity index (χ4n) is 3.99. The maximum atomic E-state index is 12.6. The molecule has 0 bridgehead atoms. The Morgan fingerprint density at radius 2 is 1.59 bits per heavy atom. The molecule has 1 unspecified atom stereocenters. The number of urea groups is 1. The lowest BCUT2D eigenvalue weighted by Gasteiger charge is -2.36. The molecule has 2 saturated heterocycles. The van der Waals surface area contributed by atoms with Gasteiger partial charge in [0.2, 0.25) is 5.91 Å². The third-order valence-corrected chi connectivity index (χ3v) is 5.54. The average Bonchev–Trinajstić information content (AvgIpc) is 2.67. The minimum atomic E-state index is -0.0427. The number of benzene rings is 1. The quantitative estimate of drug-likeness (QED) is 0.886. The number of likely N-dealkylation sites (tertiary alicyclic amines) is 1. The molecule has 0 radical (unpaired) electrons. The highest BCUT2D eigenvalue weighted by molar-refractivity contribution is 5.80. The number of nitrogens with one attached hydrogen (secondary N) is 1. The van der Waals surface area contributed by atoms with E-state index in [-0.39, 0.29) is 23.9 Å². The highest BCUT2D eigenvalue weighted by Crippen LogP contribution is 2.22. The van der Waals surface area contributed by atoms with Crippen molar-refractivity contribution in [3.63, 3.8) is 0 Å². The lowest BCUT2D eigenvalue weighted by Crippen LogP contribution is -2.49. The molecule has 3 amide bonds. The van der Waals surface area contributed by atoms with Gasteiger partial charge in [0, 0.05) is 32.1 Å². The number of rotatable bonds is 3. The van der Waals surface area contributed by atoms with E-state index >= 15 is 0 Å². The highest BCUT2D eigenvalue weighted by Gasteiger charge is 2.31. The monoisotopic (exact) mass is 373 g/mol. The Balaban J connectivity index is 1.50. The van der Waals surface area contributed by atoms with Gasteiger partial charge in [0.1, 0.15) is 0 Å². The molecule has 6 nitrogen and oxygen atoms in total. The lowest BCUT2D eigenvalue weighted by molar-refractivity contribution is -0.141. The van der Waals surface area contributed by atoms with Crippen molar-refractivity contribution in [2.75, 3.05) is 39.4 Å². The van der Waals surface area contributed by atoms with Crippen molar-refractivity contribution in [3.8, 4) is 0 Å². The SMILES string of the molecule is Cc1cc(C)cc(C(C)NC(=O)N2CCC(C(=O)N3CCOCC3)CC2)c1. The van der Waals surface area contributed by atoms with Gasteiger partial charge in [0.25, 0.3) is 0 Å². The minimum absolute atomic E-state index is 0.0315. The molecule has 6 heteroatoms. The number of carbonyl (C=O) groups excluding carboxylic acids is 2. The van der Waals surface area contributed by atoms with E-state index < -0.39 is 0 Å². The maximum absolute atomic E-state index is 12.6. The van der Waals surface area contributed by atoms with Gasteiger partial charge in [-0.3, -0.25) is 4.79 Å². The summed E-state index contributed by atoms with van der Waals surface area (Å²) >= 11 is 0. The van der Waals surface area contributed by atoms with Crippen molar-refractivity contribution in [1.82, 2.24) is 15.1 Å². The second-order valence-electron chi connectivity index (χ2n) is 7.79. The van der Waals surface area contributed by atoms with Gasteiger partial charge in [0.15, 0.2) is 0 Å². The second-order valence-corrected chi connectivity index (χ2v) is 7.79. The average molecular weight is 373 g/mol. The zero-order valence-electron chi connectivity index (χ0n) is 16.7. The van der Waals surface area contributed by atoms with Crippen molar-refractivity contribution in [2.45, 2.75) is 39.7 Å². The fourth-order valence-corrected chi connectivity index (χ4v) is 3.99. The molecule has 0 spiro atoms. The van der Waals surface area contributed by atoms with E-state index in [9.17, 15) is 9.59 Å². The highest BCUT2D eigenvalue weighted by atomic mass is 16.5. The van der Waals surface area contributed by atoms with E-state index in [0.717, 1.165) is 18.4 Å². The Morgan fingerprint density at radius 1 is 1.00 bits per heavy atom. The van der Waals surface area contributed by atoms with Crippen LogP contribution in [0.5, 0.6) is 0 Å². The molecule has 0 saturated carbocycles. The van der Waals surface area contributed by atoms with Gasteiger partial charge in [-0.15, -0.1) is 0 Å². The topological polar surface area (TPSA) is 61.9 Å². The first kappa shape index (κ1) is 19.7. The molecule has 27 heavy (non-hydrogen) atoms. The Morgan fingerprint density at radius 3 is 2.19 bits per heavy atom. The Bertz CT molecular complexity index is 657. The predicted molar refractivity (Wildman–Crippen MR) is 105 cm³/mol. The molecule has 1 N–H and O–H groups in total. The van der Waals surface area contributed by atoms with Crippen molar-refractivity contribution in [2.24, 2.45) is 5.92 Å². The van der Waals surface area contributed by atoms with E-state index in [1.54, 1.807) is 0 Å². The van der Waals surface area contributed by atoms with Crippen molar-refractivity contribution in [1.29, 1.82) is 0 Å². The molecule has 0 aromatic heterocycles. The number of carbonyl (C=O) groups is 2. The van der Waals surface area contributed by atoms with Gasteiger partial charge < -0.3 is 19.9 Å². The molecule has 1 atom stereocenters. The summed E-state index contributed by atoms with van der Waals surface area (Å²) in [4.78, 5) is 29.0. The molecule has 2 aliphatic rings. The van der Waals surface area contributed by atoms with Crippen LogP contribution in [0, 0.1) is 19.8 Å². The first-order valence-corrected chi connectivity index (χ1v) is 9.94. The normalized spacial score (nSPS) is 19.7. The van der Waals surface area contributed by atoms with Gasteiger partial charge in [-0.2, -0.15) is 0 Å². The van der Waals surface area contributed by atoms with Crippen LogP contribution in [0.25, 0.3) is 0 Å². The van der Waals surface area contributed by atoms with Crippen molar-refractivity contribution < 1.29 is 14.3 Å². The minimum Gasteiger partial charge on any atom is -0.378 e. The van der Waals surface area contributed by atoms with E-state index in [1.807, 2.05) is 16.7 Å². The fraction of sp³-hybridized carbons (Fsp3) is 0.619. The van der Waals surface area contributed by atoms with E-state index in [1.165, 1.54) is 11.1 Å². The lowest BCUT2D eigenvalue weighted by atomic mass is 9.95. The summed E-state index contributed by atoms with van der Waals surface area (Å²) < 4.78 is 5.32. The zero-order chi connectivity index (χ0) is 19.4. The first-order chi connectivity index (χ1) is 12.9.